The molecule has 0 aromatic heterocycles. The number of anilines is 1. The van der Waals surface area contributed by atoms with Crippen LogP contribution in [0, 0.1) is 5.92 Å². The number of fused-ring (bicyclic) bond motifs is 1. The van der Waals surface area contributed by atoms with Gasteiger partial charge in [-0.05, 0) is 25.0 Å². The van der Waals surface area contributed by atoms with E-state index in [1.54, 1.807) is 6.07 Å². The largest absolute Gasteiger partial charge is 0.586 e. The van der Waals surface area contributed by atoms with Gasteiger partial charge in [0.05, 0.1) is 0 Å². The highest BCUT2D eigenvalue weighted by molar-refractivity contribution is 5.56. The Labute approximate surface area is 98.7 Å². The Morgan fingerprint density at radius 1 is 1.12 bits per heavy atom. The summed E-state index contributed by atoms with van der Waals surface area (Å²) in [7, 11) is 0. The van der Waals surface area contributed by atoms with Gasteiger partial charge in [0.25, 0.3) is 0 Å². The van der Waals surface area contributed by atoms with Gasteiger partial charge in [0.15, 0.2) is 11.5 Å². The third-order valence-corrected chi connectivity index (χ3v) is 2.80. The Kier molecular flexibility index (Phi) is 2.85. The molecule has 94 valence electrons. The van der Waals surface area contributed by atoms with Gasteiger partial charge < -0.3 is 14.8 Å². The zero-order valence-corrected chi connectivity index (χ0v) is 9.96. The molecule has 0 fully saturated rings. The van der Waals surface area contributed by atoms with Crippen LogP contribution in [-0.4, -0.2) is 12.3 Å². The summed E-state index contributed by atoms with van der Waals surface area (Å²) in [6, 6.07) is 4.94. The number of ether oxygens (including phenoxy) is 2. The maximum absolute atomic E-state index is 12.8. The van der Waals surface area contributed by atoms with Crippen LogP contribution in [0.1, 0.15) is 20.8 Å². The van der Waals surface area contributed by atoms with Gasteiger partial charge in [-0.3, -0.25) is 0 Å². The summed E-state index contributed by atoms with van der Waals surface area (Å²) in [5.41, 5.74) is 0.742. The molecule has 1 N–H and O–H groups in total. The van der Waals surface area contributed by atoms with Crippen molar-refractivity contribution in [2.75, 3.05) is 5.32 Å². The van der Waals surface area contributed by atoms with Crippen molar-refractivity contribution in [3.05, 3.63) is 18.2 Å². The molecule has 1 aliphatic rings. The zero-order chi connectivity index (χ0) is 12.6. The van der Waals surface area contributed by atoms with Crippen molar-refractivity contribution >= 4 is 5.69 Å². The topological polar surface area (TPSA) is 30.5 Å². The van der Waals surface area contributed by atoms with Crippen LogP contribution in [-0.2, 0) is 0 Å². The first-order valence-electron chi connectivity index (χ1n) is 5.54. The fourth-order valence-electron chi connectivity index (χ4n) is 1.47. The number of halogens is 2. The predicted molar refractivity (Wildman–Crippen MR) is 60.6 cm³/mol. The highest BCUT2D eigenvalue weighted by Crippen LogP contribution is 2.42. The molecule has 1 heterocycles. The van der Waals surface area contributed by atoms with E-state index in [2.05, 4.69) is 28.6 Å². The van der Waals surface area contributed by atoms with E-state index in [9.17, 15) is 8.78 Å². The molecule has 3 nitrogen and oxygen atoms in total. The summed E-state index contributed by atoms with van der Waals surface area (Å²) < 4.78 is 34.3. The van der Waals surface area contributed by atoms with E-state index in [0.717, 1.165) is 5.69 Å². The van der Waals surface area contributed by atoms with Crippen molar-refractivity contribution < 1.29 is 18.3 Å². The molecule has 0 radical (unpaired) electrons. The van der Waals surface area contributed by atoms with E-state index < -0.39 is 6.29 Å². The lowest BCUT2D eigenvalue weighted by Gasteiger charge is -2.18. The third kappa shape index (κ3) is 2.60. The van der Waals surface area contributed by atoms with Gasteiger partial charge in [0.1, 0.15) is 0 Å². The third-order valence-electron chi connectivity index (χ3n) is 2.80. The smallest absolute Gasteiger partial charge is 0.395 e. The minimum atomic E-state index is -3.55. The van der Waals surface area contributed by atoms with Crippen LogP contribution in [0.5, 0.6) is 11.5 Å². The summed E-state index contributed by atoms with van der Waals surface area (Å²) in [4.78, 5) is 0. The molecule has 0 amide bonds. The molecule has 0 bridgehead atoms. The maximum atomic E-state index is 12.8. The fourth-order valence-corrected chi connectivity index (χ4v) is 1.47. The quantitative estimate of drug-likeness (QED) is 0.881. The minimum absolute atomic E-state index is 0.0657. The molecule has 0 aliphatic carbocycles. The summed E-state index contributed by atoms with van der Waals surface area (Å²) in [6.07, 6.45) is -3.55. The van der Waals surface area contributed by atoms with Gasteiger partial charge in [-0.2, -0.15) is 0 Å². The fraction of sp³-hybridized carbons (Fsp3) is 0.500. The maximum Gasteiger partial charge on any atom is 0.586 e. The second kappa shape index (κ2) is 4.05. The first-order valence-corrected chi connectivity index (χ1v) is 5.54. The van der Waals surface area contributed by atoms with E-state index in [1.807, 2.05) is 6.92 Å². The molecule has 1 aliphatic heterocycles. The van der Waals surface area contributed by atoms with E-state index in [4.69, 9.17) is 0 Å². The normalized spacial score (nSPS) is 18.2. The minimum Gasteiger partial charge on any atom is -0.395 e. The van der Waals surface area contributed by atoms with Crippen LogP contribution in [0.15, 0.2) is 18.2 Å². The molecule has 5 heteroatoms. The Balaban J connectivity index is 2.14. The van der Waals surface area contributed by atoms with E-state index in [0.29, 0.717) is 5.92 Å². The zero-order valence-electron chi connectivity index (χ0n) is 9.96. The van der Waals surface area contributed by atoms with Crippen molar-refractivity contribution in [1.82, 2.24) is 0 Å². The van der Waals surface area contributed by atoms with Gasteiger partial charge in [-0.15, -0.1) is 8.78 Å². The number of hydrogen-bond donors (Lipinski definition) is 1. The van der Waals surface area contributed by atoms with Crippen molar-refractivity contribution in [2.45, 2.75) is 33.1 Å². The number of alkyl halides is 2. The molecule has 17 heavy (non-hydrogen) atoms. The first kappa shape index (κ1) is 12.0. The second-order valence-electron chi connectivity index (χ2n) is 4.51. The lowest BCUT2D eigenvalue weighted by Crippen LogP contribution is -2.26. The number of benzene rings is 1. The van der Waals surface area contributed by atoms with E-state index >= 15 is 0 Å². The van der Waals surface area contributed by atoms with Crippen LogP contribution >= 0.6 is 0 Å². The highest BCUT2D eigenvalue weighted by atomic mass is 19.3. The van der Waals surface area contributed by atoms with Gasteiger partial charge in [-0.1, -0.05) is 13.8 Å². The second-order valence-corrected chi connectivity index (χ2v) is 4.51. The molecule has 1 atom stereocenters. The average Bonchev–Trinajstić information content (AvgIpc) is 2.50. The monoisotopic (exact) mass is 243 g/mol. The van der Waals surface area contributed by atoms with Gasteiger partial charge >= 0.3 is 6.29 Å². The summed E-state index contributed by atoms with van der Waals surface area (Å²) in [5.74, 6) is 0.579. The number of rotatable bonds is 3. The van der Waals surface area contributed by atoms with Crippen molar-refractivity contribution in [1.29, 1.82) is 0 Å². The molecule has 0 saturated carbocycles. The predicted octanol–water partition coefficient (Wildman–Crippen LogP) is 3.46. The standard InChI is InChI=1S/C12H15F2NO2/c1-7(2)8(3)15-9-4-5-10-11(6-9)17-12(13,14)16-10/h4-8,15H,1-3H3. The Hall–Kier alpha value is -1.52. The van der Waals surface area contributed by atoms with Crippen LogP contribution in [0.3, 0.4) is 0 Å². The van der Waals surface area contributed by atoms with Crippen LogP contribution in [0.2, 0.25) is 0 Å². The van der Waals surface area contributed by atoms with E-state index in [-0.39, 0.29) is 17.5 Å². The van der Waals surface area contributed by atoms with Crippen molar-refractivity contribution in [2.24, 2.45) is 5.92 Å². The molecular weight excluding hydrogens is 228 g/mol. The molecule has 1 aromatic carbocycles. The van der Waals surface area contributed by atoms with Crippen LogP contribution in [0.4, 0.5) is 14.5 Å². The van der Waals surface area contributed by atoms with Gasteiger partial charge in [-0.25, -0.2) is 0 Å². The molecule has 1 aromatic rings. The van der Waals surface area contributed by atoms with Crippen LogP contribution < -0.4 is 14.8 Å². The van der Waals surface area contributed by atoms with Gasteiger partial charge in [0.2, 0.25) is 0 Å². The highest BCUT2D eigenvalue weighted by Gasteiger charge is 2.43. The average molecular weight is 243 g/mol. The lowest BCUT2D eigenvalue weighted by atomic mass is 10.1. The van der Waals surface area contributed by atoms with E-state index in [1.165, 1.54) is 12.1 Å². The number of nitrogens with one attached hydrogen (secondary N) is 1. The van der Waals surface area contributed by atoms with Crippen LogP contribution in [0.25, 0.3) is 0 Å². The van der Waals surface area contributed by atoms with Crippen molar-refractivity contribution in [3.63, 3.8) is 0 Å². The Morgan fingerprint density at radius 3 is 2.41 bits per heavy atom. The SMILES string of the molecule is CC(C)C(C)Nc1ccc2c(c1)OC(F)(F)O2. The van der Waals surface area contributed by atoms with Crippen molar-refractivity contribution in [3.8, 4) is 11.5 Å². The molecular formula is C12H15F2NO2. The van der Waals surface area contributed by atoms with Gasteiger partial charge in [0, 0.05) is 17.8 Å². The first-order chi connectivity index (χ1) is 7.87. The Morgan fingerprint density at radius 2 is 1.76 bits per heavy atom. The molecule has 2 rings (SSSR count). The number of hydrogen-bond acceptors (Lipinski definition) is 3. The lowest BCUT2D eigenvalue weighted by molar-refractivity contribution is -0.286. The summed E-state index contributed by atoms with van der Waals surface area (Å²) in [6.45, 7) is 6.20. The summed E-state index contributed by atoms with van der Waals surface area (Å²) >= 11 is 0. The molecule has 0 spiro atoms. The molecule has 1 unspecified atom stereocenters. The summed E-state index contributed by atoms with van der Waals surface area (Å²) in [5, 5.41) is 3.22. The molecule has 0 saturated heterocycles. The Bertz CT molecular complexity index is 421.